The van der Waals surface area contributed by atoms with Crippen LogP contribution in [0.2, 0.25) is 0 Å². The van der Waals surface area contributed by atoms with Gasteiger partial charge < -0.3 is 16.0 Å². The summed E-state index contributed by atoms with van der Waals surface area (Å²) in [6.07, 6.45) is 0.0389. The molecule has 0 aromatic heterocycles. The number of amides is 2. The molecule has 0 saturated carbocycles. The summed E-state index contributed by atoms with van der Waals surface area (Å²) in [7, 11) is 0. The second kappa shape index (κ2) is 8.39. The summed E-state index contributed by atoms with van der Waals surface area (Å²) < 4.78 is 26.2. The zero-order valence-corrected chi connectivity index (χ0v) is 14.2. The van der Waals surface area contributed by atoms with Gasteiger partial charge in [0.2, 0.25) is 11.8 Å². The third-order valence-electron chi connectivity index (χ3n) is 4.10. The zero-order chi connectivity index (χ0) is 17.0. The molecule has 0 aliphatic carbocycles. The van der Waals surface area contributed by atoms with Crippen molar-refractivity contribution in [3.63, 3.8) is 0 Å². The van der Waals surface area contributed by atoms with Gasteiger partial charge in [0, 0.05) is 13.0 Å². The largest absolute Gasteiger partial charge is 0.350 e. The minimum atomic E-state index is -3.13. The van der Waals surface area contributed by atoms with E-state index in [1.807, 2.05) is 37.3 Å². The van der Waals surface area contributed by atoms with Gasteiger partial charge in [-0.1, -0.05) is 30.3 Å². The molecule has 5 nitrogen and oxygen atoms in total. The van der Waals surface area contributed by atoms with Crippen molar-refractivity contribution in [1.82, 2.24) is 10.2 Å². The molecule has 8 heteroatoms. The highest BCUT2D eigenvalue weighted by atomic mass is 35.5. The first-order valence-electron chi connectivity index (χ1n) is 7.54. The van der Waals surface area contributed by atoms with Crippen molar-refractivity contribution in [3.8, 4) is 0 Å². The van der Waals surface area contributed by atoms with Crippen LogP contribution < -0.4 is 11.1 Å². The number of rotatable bonds is 6. The van der Waals surface area contributed by atoms with Crippen LogP contribution in [0.1, 0.15) is 24.9 Å². The predicted molar refractivity (Wildman–Crippen MR) is 88.9 cm³/mol. The Labute approximate surface area is 146 Å². The van der Waals surface area contributed by atoms with Crippen LogP contribution in [0.15, 0.2) is 30.3 Å². The van der Waals surface area contributed by atoms with Crippen LogP contribution in [-0.2, 0) is 9.59 Å². The van der Waals surface area contributed by atoms with Crippen LogP contribution in [-0.4, -0.2) is 42.3 Å². The number of benzene rings is 1. The van der Waals surface area contributed by atoms with Crippen molar-refractivity contribution in [3.05, 3.63) is 35.9 Å². The standard InChI is InChI=1S/C16H21F2N3O2.ClH/c1-11(12-5-3-2-4-6-12)21-8-13(7-14(21)22)15(23)20-10-16(17,18)9-19;/h2-6,11,13H,7-10,19H2,1H3,(H,20,23);1H. The third-order valence-corrected chi connectivity index (χ3v) is 4.10. The van der Waals surface area contributed by atoms with E-state index in [1.165, 1.54) is 0 Å². The average Bonchev–Trinajstić information content (AvgIpc) is 2.94. The maximum Gasteiger partial charge on any atom is 0.277 e. The molecule has 1 aliphatic rings. The first kappa shape index (κ1) is 20.3. The lowest BCUT2D eigenvalue weighted by Crippen LogP contribution is -2.44. The lowest BCUT2D eigenvalue weighted by Gasteiger charge is -2.25. The fourth-order valence-corrected chi connectivity index (χ4v) is 2.63. The van der Waals surface area contributed by atoms with Gasteiger partial charge in [-0.25, -0.2) is 8.78 Å². The van der Waals surface area contributed by atoms with E-state index < -0.39 is 30.8 Å². The molecular formula is C16H22ClF2N3O2. The number of nitrogens with two attached hydrogens (primary N) is 1. The maximum atomic E-state index is 13.1. The number of likely N-dealkylation sites (tertiary alicyclic amines) is 1. The molecule has 1 aromatic carbocycles. The van der Waals surface area contributed by atoms with Crippen LogP contribution in [0.4, 0.5) is 8.78 Å². The number of nitrogens with zero attached hydrogens (tertiary/aromatic N) is 1. The number of carbonyl (C=O) groups excluding carboxylic acids is 2. The Morgan fingerprint density at radius 2 is 2.04 bits per heavy atom. The molecule has 2 amide bonds. The smallest absolute Gasteiger partial charge is 0.277 e. The molecular weight excluding hydrogens is 340 g/mol. The monoisotopic (exact) mass is 361 g/mol. The number of hydrogen-bond acceptors (Lipinski definition) is 3. The number of alkyl halides is 2. The van der Waals surface area contributed by atoms with Gasteiger partial charge in [-0.15, -0.1) is 12.4 Å². The molecule has 1 aliphatic heterocycles. The average molecular weight is 362 g/mol. The Balaban J connectivity index is 0.00000288. The highest BCUT2D eigenvalue weighted by Gasteiger charge is 2.38. The van der Waals surface area contributed by atoms with Crippen molar-refractivity contribution in [1.29, 1.82) is 0 Å². The highest BCUT2D eigenvalue weighted by Crippen LogP contribution is 2.28. The third kappa shape index (κ3) is 4.88. The minimum absolute atomic E-state index is 0. The second-order valence-electron chi connectivity index (χ2n) is 5.81. The van der Waals surface area contributed by atoms with Gasteiger partial charge in [0.25, 0.3) is 5.92 Å². The Kier molecular flexibility index (Phi) is 7.10. The van der Waals surface area contributed by atoms with E-state index in [9.17, 15) is 18.4 Å². The molecule has 134 valence electrons. The Hall–Kier alpha value is -1.73. The number of carbonyl (C=O) groups is 2. The van der Waals surface area contributed by atoms with Gasteiger partial charge in [-0.05, 0) is 12.5 Å². The van der Waals surface area contributed by atoms with E-state index in [0.29, 0.717) is 0 Å². The first-order chi connectivity index (χ1) is 10.8. The molecule has 2 rings (SSSR count). The van der Waals surface area contributed by atoms with Crippen molar-refractivity contribution in [2.24, 2.45) is 11.7 Å². The summed E-state index contributed by atoms with van der Waals surface area (Å²) in [5, 5.41) is 2.19. The number of nitrogens with one attached hydrogen (secondary N) is 1. The summed E-state index contributed by atoms with van der Waals surface area (Å²) >= 11 is 0. The second-order valence-corrected chi connectivity index (χ2v) is 5.81. The summed E-state index contributed by atoms with van der Waals surface area (Å²) in [4.78, 5) is 25.7. The number of hydrogen-bond donors (Lipinski definition) is 2. The Bertz CT molecular complexity index is 572. The van der Waals surface area contributed by atoms with Crippen molar-refractivity contribution in [2.75, 3.05) is 19.6 Å². The van der Waals surface area contributed by atoms with Gasteiger partial charge >= 0.3 is 0 Å². The molecule has 24 heavy (non-hydrogen) atoms. The van der Waals surface area contributed by atoms with Gasteiger partial charge in [0.05, 0.1) is 25.0 Å². The van der Waals surface area contributed by atoms with E-state index in [-0.39, 0.29) is 37.3 Å². The van der Waals surface area contributed by atoms with Crippen LogP contribution in [0.25, 0.3) is 0 Å². The lowest BCUT2D eigenvalue weighted by atomic mass is 10.1. The molecule has 3 N–H and O–H groups in total. The van der Waals surface area contributed by atoms with E-state index >= 15 is 0 Å². The fraction of sp³-hybridized carbons (Fsp3) is 0.500. The molecule has 1 aromatic rings. The zero-order valence-electron chi connectivity index (χ0n) is 13.4. The highest BCUT2D eigenvalue weighted by molar-refractivity contribution is 5.89. The van der Waals surface area contributed by atoms with E-state index in [4.69, 9.17) is 5.73 Å². The van der Waals surface area contributed by atoms with Crippen LogP contribution in [0.3, 0.4) is 0 Å². The minimum Gasteiger partial charge on any atom is -0.350 e. The van der Waals surface area contributed by atoms with Gasteiger partial charge in [0.1, 0.15) is 0 Å². The van der Waals surface area contributed by atoms with Crippen LogP contribution >= 0.6 is 12.4 Å². The molecule has 0 spiro atoms. The first-order valence-corrected chi connectivity index (χ1v) is 7.54. The summed E-state index contributed by atoms with van der Waals surface area (Å²) in [6, 6.07) is 9.31. The summed E-state index contributed by atoms with van der Waals surface area (Å²) in [5.74, 6) is -4.42. The molecule has 0 bridgehead atoms. The number of halogens is 3. The molecule has 2 atom stereocenters. The summed E-state index contributed by atoms with van der Waals surface area (Å²) in [5.41, 5.74) is 5.90. The lowest BCUT2D eigenvalue weighted by molar-refractivity contribution is -0.130. The van der Waals surface area contributed by atoms with Gasteiger partial charge in [-0.3, -0.25) is 9.59 Å². The van der Waals surface area contributed by atoms with Gasteiger partial charge in [0.15, 0.2) is 0 Å². The van der Waals surface area contributed by atoms with Crippen LogP contribution in [0, 0.1) is 5.92 Å². The molecule has 0 radical (unpaired) electrons. The summed E-state index contributed by atoms with van der Waals surface area (Å²) in [6.45, 7) is 0.486. The van der Waals surface area contributed by atoms with Crippen molar-refractivity contribution >= 4 is 24.2 Å². The van der Waals surface area contributed by atoms with E-state index in [1.54, 1.807) is 4.90 Å². The predicted octanol–water partition coefficient (Wildman–Crippen LogP) is 1.73. The molecule has 2 unspecified atom stereocenters. The van der Waals surface area contributed by atoms with E-state index in [2.05, 4.69) is 5.32 Å². The van der Waals surface area contributed by atoms with E-state index in [0.717, 1.165) is 5.56 Å². The molecule has 1 fully saturated rings. The van der Waals surface area contributed by atoms with Crippen LogP contribution in [0.5, 0.6) is 0 Å². The SMILES string of the molecule is CC(c1ccccc1)N1CC(C(=O)NCC(F)(F)CN)CC1=O.Cl. The molecule has 1 saturated heterocycles. The Morgan fingerprint density at radius 1 is 1.42 bits per heavy atom. The van der Waals surface area contributed by atoms with Gasteiger partial charge in [-0.2, -0.15) is 0 Å². The van der Waals surface area contributed by atoms with Crippen molar-refractivity contribution < 1.29 is 18.4 Å². The normalized spacial score (nSPS) is 18.9. The Morgan fingerprint density at radius 3 is 2.62 bits per heavy atom. The quantitative estimate of drug-likeness (QED) is 0.810. The maximum absolute atomic E-state index is 13.1. The fourth-order valence-electron chi connectivity index (χ4n) is 2.63. The molecule has 1 heterocycles. The topological polar surface area (TPSA) is 75.4 Å². The van der Waals surface area contributed by atoms with Crippen molar-refractivity contribution in [2.45, 2.75) is 25.3 Å².